The van der Waals surface area contributed by atoms with Crippen molar-refractivity contribution in [1.82, 2.24) is 0 Å². The Hall–Kier alpha value is -2.67. The second-order valence-corrected chi connectivity index (χ2v) is 6.06. The van der Waals surface area contributed by atoms with E-state index in [-0.39, 0.29) is 5.78 Å². The number of ketones is 1. The summed E-state index contributed by atoms with van der Waals surface area (Å²) in [5.74, 6) is 0.0794. The van der Waals surface area contributed by atoms with Gasteiger partial charge in [-0.15, -0.1) is 0 Å². The lowest BCUT2D eigenvalue weighted by Crippen LogP contribution is -2.01. The highest BCUT2D eigenvalue weighted by atomic mass is 16.1. The summed E-state index contributed by atoms with van der Waals surface area (Å²) in [6, 6.07) is 24.2. The highest BCUT2D eigenvalue weighted by Crippen LogP contribution is 2.15. The van der Waals surface area contributed by atoms with Gasteiger partial charge in [0.2, 0.25) is 0 Å². The van der Waals surface area contributed by atoms with E-state index in [1.807, 2.05) is 55.5 Å². The Morgan fingerprint density at radius 2 is 1.35 bits per heavy atom. The molecule has 3 aromatic rings. The molecule has 0 unspecified atom stereocenters. The van der Waals surface area contributed by atoms with E-state index >= 15 is 0 Å². The third-order valence-corrected chi connectivity index (χ3v) is 3.99. The van der Waals surface area contributed by atoms with Crippen LogP contribution >= 0.6 is 0 Å². The minimum atomic E-state index is 0.0794. The summed E-state index contributed by atoms with van der Waals surface area (Å²) in [6.07, 6.45) is 0.889. The Morgan fingerprint density at radius 1 is 0.696 bits per heavy atom. The fraction of sp³-hybridized carbons (Fsp3) is 0.136. The molecule has 0 heterocycles. The molecule has 23 heavy (non-hydrogen) atoms. The predicted octanol–water partition coefficient (Wildman–Crippen LogP) is 5.13. The fourth-order valence-electron chi connectivity index (χ4n) is 2.78. The minimum absolute atomic E-state index is 0.0794. The lowest BCUT2D eigenvalue weighted by Gasteiger charge is -2.06. The number of carbonyl (C=O) groups is 1. The van der Waals surface area contributed by atoms with Crippen LogP contribution in [0, 0.1) is 13.8 Å². The van der Waals surface area contributed by atoms with E-state index < -0.39 is 0 Å². The van der Waals surface area contributed by atoms with E-state index in [0.29, 0.717) is 0 Å². The summed E-state index contributed by atoms with van der Waals surface area (Å²) in [6.45, 7) is 4.11. The quantitative estimate of drug-likeness (QED) is 0.611. The van der Waals surface area contributed by atoms with Crippen LogP contribution in [-0.4, -0.2) is 5.78 Å². The zero-order valence-electron chi connectivity index (χ0n) is 13.5. The lowest BCUT2D eigenvalue weighted by atomic mass is 9.98. The summed E-state index contributed by atoms with van der Waals surface area (Å²) in [7, 11) is 0. The molecule has 0 aromatic heterocycles. The van der Waals surface area contributed by atoms with Crippen LogP contribution < -0.4 is 0 Å². The first-order chi connectivity index (χ1) is 11.1. The molecule has 0 spiro atoms. The van der Waals surface area contributed by atoms with Gasteiger partial charge in [-0.25, -0.2) is 0 Å². The molecule has 0 saturated heterocycles. The van der Waals surface area contributed by atoms with E-state index in [9.17, 15) is 4.79 Å². The van der Waals surface area contributed by atoms with Crippen molar-refractivity contribution in [3.8, 4) is 0 Å². The summed E-state index contributed by atoms with van der Waals surface area (Å²) >= 11 is 0. The monoisotopic (exact) mass is 300 g/mol. The van der Waals surface area contributed by atoms with E-state index in [1.165, 1.54) is 16.7 Å². The second kappa shape index (κ2) is 6.62. The number of rotatable bonds is 4. The van der Waals surface area contributed by atoms with Crippen molar-refractivity contribution in [3.05, 3.63) is 106 Å². The molecule has 0 bridgehead atoms. The van der Waals surface area contributed by atoms with Gasteiger partial charge in [-0.3, -0.25) is 4.79 Å². The van der Waals surface area contributed by atoms with Crippen molar-refractivity contribution in [3.63, 3.8) is 0 Å². The number of hydrogen-bond donors (Lipinski definition) is 0. The van der Waals surface area contributed by atoms with E-state index in [2.05, 4.69) is 31.2 Å². The van der Waals surface area contributed by atoms with Crippen molar-refractivity contribution < 1.29 is 4.79 Å². The first-order valence-electron chi connectivity index (χ1n) is 7.88. The molecule has 0 N–H and O–H groups in total. The standard InChI is InChI=1S/C22H20O/c1-16-5-3-7-19(13-16)15-18-9-11-20(12-10-18)22(23)21-8-4-6-17(2)14-21/h3-14H,15H2,1-2H3. The normalized spacial score (nSPS) is 10.5. The maximum Gasteiger partial charge on any atom is 0.193 e. The highest BCUT2D eigenvalue weighted by Gasteiger charge is 2.09. The third kappa shape index (κ3) is 3.75. The molecule has 0 aliphatic carbocycles. The largest absolute Gasteiger partial charge is 0.289 e. The van der Waals surface area contributed by atoms with Crippen LogP contribution in [0.25, 0.3) is 0 Å². The molecule has 0 aliphatic heterocycles. The minimum Gasteiger partial charge on any atom is -0.289 e. The van der Waals surface area contributed by atoms with E-state index in [1.54, 1.807) is 0 Å². The van der Waals surface area contributed by atoms with E-state index in [4.69, 9.17) is 0 Å². The SMILES string of the molecule is Cc1cccc(Cc2ccc(C(=O)c3cccc(C)c3)cc2)c1. The number of aryl methyl sites for hydroxylation is 2. The molecule has 0 atom stereocenters. The van der Waals surface area contributed by atoms with Gasteiger partial charge in [0.1, 0.15) is 0 Å². The molecule has 1 nitrogen and oxygen atoms in total. The molecule has 3 rings (SSSR count). The number of hydrogen-bond acceptors (Lipinski definition) is 1. The van der Waals surface area contributed by atoms with Gasteiger partial charge in [0.15, 0.2) is 5.78 Å². The van der Waals surface area contributed by atoms with Crippen LogP contribution in [0.3, 0.4) is 0 Å². The van der Waals surface area contributed by atoms with Gasteiger partial charge in [-0.2, -0.15) is 0 Å². The van der Waals surface area contributed by atoms with Gasteiger partial charge >= 0.3 is 0 Å². The van der Waals surface area contributed by atoms with Crippen molar-refractivity contribution in [2.75, 3.05) is 0 Å². The van der Waals surface area contributed by atoms with Gasteiger partial charge < -0.3 is 0 Å². The highest BCUT2D eigenvalue weighted by molar-refractivity contribution is 6.09. The Morgan fingerprint density at radius 3 is 2.00 bits per heavy atom. The van der Waals surface area contributed by atoms with E-state index in [0.717, 1.165) is 23.1 Å². The van der Waals surface area contributed by atoms with Crippen LogP contribution in [0.15, 0.2) is 72.8 Å². The fourth-order valence-corrected chi connectivity index (χ4v) is 2.78. The van der Waals surface area contributed by atoms with Crippen molar-refractivity contribution in [2.45, 2.75) is 20.3 Å². The maximum absolute atomic E-state index is 12.5. The molecule has 0 saturated carbocycles. The van der Waals surface area contributed by atoms with Crippen molar-refractivity contribution in [1.29, 1.82) is 0 Å². The second-order valence-electron chi connectivity index (χ2n) is 6.06. The molecular formula is C22H20O. The van der Waals surface area contributed by atoms with Crippen LogP contribution in [0.2, 0.25) is 0 Å². The van der Waals surface area contributed by atoms with Crippen molar-refractivity contribution >= 4 is 5.78 Å². The first kappa shape index (κ1) is 15.2. The Balaban J connectivity index is 1.78. The van der Waals surface area contributed by atoms with Crippen LogP contribution in [0.5, 0.6) is 0 Å². The first-order valence-corrected chi connectivity index (χ1v) is 7.88. The molecule has 0 amide bonds. The average molecular weight is 300 g/mol. The molecule has 3 aromatic carbocycles. The summed E-state index contributed by atoms with van der Waals surface area (Å²) in [5, 5.41) is 0. The maximum atomic E-state index is 12.5. The number of benzene rings is 3. The summed E-state index contributed by atoms with van der Waals surface area (Å²) < 4.78 is 0. The number of carbonyl (C=O) groups excluding carboxylic acids is 1. The molecule has 0 fully saturated rings. The van der Waals surface area contributed by atoms with Gasteiger partial charge in [0.25, 0.3) is 0 Å². The van der Waals surface area contributed by atoms with Crippen LogP contribution in [0.4, 0.5) is 0 Å². The van der Waals surface area contributed by atoms with Crippen LogP contribution in [0.1, 0.15) is 38.2 Å². The molecule has 0 aliphatic rings. The predicted molar refractivity (Wildman–Crippen MR) is 95.0 cm³/mol. The van der Waals surface area contributed by atoms with Gasteiger partial charge in [0, 0.05) is 11.1 Å². The lowest BCUT2D eigenvalue weighted by molar-refractivity contribution is 0.103. The zero-order valence-corrected chi connectivity index (χ0v) is 13.5. The Kier molecular flexibility index (Phi) is 4.38. The third-order valence-electron chi connectivity index (χ3n) is 3.99. The smallest absolute Gasteiger partial charge is 0.193 e. The molecule has 1 heteroatoms. The summed E-state index contributed by atoms with van der Waals surface area (Å²) in [5.41, 5.74) is 6.37. The average Bonchev–Trinajstić information content (AvgIpc) is 2.55. The Labute approximate surface area is 137 Å². The van der Waals surface area contributed by atoms with Crippen molar-refractivity contribution in [2.24, 2.45) is 0 Å². The topological polar surface area (TPSA) is 17.1 Å². The summed E-state index contributed by atoms with van der Waals surface area (Å²) in [4.78, 5) is 12.5. The van der Waals surface area contributed by atoms with Crippen LogP contribution in [-0.2, 0) is 6.42 Å². The van der Waals surface area contributed by atoms with Gasteiger partial charge in [-0.1, -0.05) is 77.9 Å². The molecule has 114 valence electrons. The van der Waals surface area contributed by atoms with Gasteiger partial charge in [0.05, 0.1) is 0 Å². The molecular weight excluding hydrogens is 280 g/mol. The van der Waals surface area contributed by atoms with Gasteiger partial charge in [-0.05, 0) is 37.5 Å². The molecule has 0 radical (unpaired) electrons. The zero-order chi connectivity index (χ0) is 16.2. The Bertz CT molecular complexity index is 829.